The molecule has 3 rings (SSSR count). The Morgan fingerprint density at radius 3 is 2.70 bits per heavy atom. The average molecular weight is 530 g/mol. The Kier molecular flexibility index (Phi) is 10.2. The summed E-state index contributed by atoms with van der Waals surface area (Å²) in [6.07, 6.45) is 4.80. The quantitative estimate of drug-likeness (QED) is 0.251. The lowest BCUT2D eigenvalue weighted by Gasteiger charge is -2.15. The fourth-order valence-corrected chi connectivity index (χ4v) is 3.57. The highest BCUT2D eigenvalue weighted by molar-refractivity contribution is 6.31. The summed E-state index contributed by atoms with van der Waals surface area (Å²) in [5.41, 5.74) is 1.57. The van der Waals surface area contributed by atoms with Crippen LogP contribution in [-0.2, 0) is 14.3 Å². The molecular weight excluding hydrogens is 501 g/mol. The van der Waals surface area contributed by atoms with Crippen molar-refractivity contribution in [3.8, 4) is 5.75 Å². The van der Waals surface area contributed by atoms with Crippen LogP contribution in [0.4, 0.5) is 21.6 Å². The lowest BCUT2D eigenvalue weighted by atomic mass is 10.1. The minimum atomic E-state index is -0.524. The van der Waals surface area contributed by atoms with Crippen LogP contribution in [0.3, 0.4) is 0 Å². The number of benzene rings is 2. The summed E-state index contributed by atoms with van der Waals surface area (Å²) in [4.78, 5) is 34.6. The van der Waals surface area contributed by atoms with Gasteiger partial charge in [0.05, 0.1) is 35.9 Å². The zero-order valence-corrected chi connectivity index (χ0v) is 21.6. The molecule has 9 nitrogen and oxygen atoms in total. The van der Waals surface area contributed by atoms with Crippen molar-refractivity contribution in [1.82, 2.24) is 14.9 Å². The van der Waals surface area contributed by atoms with Crippen molar-refractivity contribution in [2.75, 3.05) is 44.0 Å². The average Bonchev–Trinajstić information content (AvgIpc) is 2.86. The molecule has 0 bridgehead atoms. The van der Waals surface area contributed by atoms with E-state index < -0.39 is 5.82 Å². The van der Waals surface area contributed by atoms with Crippen LogP contribution in [0.2, 0.25) is 5.02 Å². The van der Waals surface area contributed by atoms with Gasteiger partial charge in [0.25, 0.3) is 0 Å². The van der Waals surface area contributed by atoms with Crippen LogP contribution in [0.5, 0.6) is 5.75 Å². The number of anilines is 3. The third-order valence-electron chi connectivity index (χ3n) is 5.17. The van der Waals surface area contributed by atoms with Crippen molar-refractivity contribution < 1.29 is 23.5 Å². The maximum absolute atomic E-state index is 13.5. The highest BCUT2D eigenvalue weighted by Crippen LogP contribution is 2.33. The van der Waals surface area contributed by atoms with Gasteiger partial charge in [-0.05, 0) is 45.2 Å². The summed E-state index contributed by atoms with van der Waals surface area (Å²) in [6.45, 7) is 5.34. The molecule has 2 N–H and O–H groups in total. The van der Waals surface area contributed by atoms with E-state index in [0.717, 1.165) is 0 Å². The van der Waals surface area contributed by atoms with Gasteiger partial charge in [0.1, 0.15) is 23.7 Å². The standard InChI is InChI=1S/C26H29ClFN5O4/c1-4-36-23-15-21-18(26(30-16-29-21)31-17-8-9-20(28)19(27)13-17)14-22(23)32-24(34)7-6-11-33(3)12-10-25(35)37-5-2/h6-9,13-16H,4-5,10-12H2,1-3H3,(H,32,34)(H,29,30,31)/b7-6+. The Bertz CT molecular complexity index is 1290. The lowest BCUT2D eigenvalue weighted by Crippen LogP contribution is -2.23. The molecule has 0 atom stereocenters. The largest absolute Gasteiger partial charge is 0.492 e. The summed E-state index contributed by atoms with van der Waals surface area (Å²) >= 11 is 5.90. The third kappa shape index (κ3) is 8.12. The Labute approximate surface area is 219 Å². The number of carbonyl (C=O) groups excluding carboxylic acids is 2. The van der Waals surface area contributed by atoms with Crippen LogP contribution in [0.1, 0.15) is 20.3 Å². The summed E-state index contributed by atoms with van der Waals surface area (Å²) in [5, 5.41) is 6.55. The number of carbonyl (C=O) groups is 2. The number of fused-ring (bicyclic) bond motifs is 1. The number of nitrogens with one attached hydrogen (secondary N) is 2. The maximum Gasteiger partial charge on any atom is 0.307 e. The van der Waals surface area contributed by atoms with Crippen molar-refractivity contribution >= 4 is 51.6 Å². The molecule has 0 radical (unpaired) electrons. The first kappa shape index (κ1) is 27.8. The molecule has 0 unspecified atom stereocenters. The minimum Gasteiger partial charge on any atom is -0.492 e. The number of hydrogen-bond acceptors (Lipinski definition) is 8. The van der Waals surface area contributed by atoms with E-state index in [9.17, 15) is 14.0 Å². The fourth-order valence-electron chi connectivity index (χ4n) is 3.39. The Hall–Kier alpha value is -3.76. The molecule has 1 aromatic heterocycles. The molecule has 0 aliphatic rings. The second kappa shape index (κ2) is 13.5. The van der Waals surface area contributed by atoms with Crippen LogP contribution >= 0.6 is 11.6 Å². The molecule has 0 fully saturated rings. The van der Waals surface area contributed by atoms with Gasteiger partial charge >= 0.3 is 5.97 Å². The molecule has 196 valence electrons. The fraction of sp³-hybridized carbons (Fsp3) is 0.308. The predicted octanol–water partition coefficient (Wildman–Crippen LogP) is 4.94. The smallest absolute Gasteiger partial charge is 0.307 e. The second-order valence-corrected chi connectivity index (χ2v) is 8.39. The molecule has 3 aromatic rings. The highest BCUT2D eigenvalue weighted by atomic mass is 35.5. The van der Waals surface area contributed by atoms with Crippen LogP contribution < -0.4 is 15.4 Å². The first-order valence-electron chi connectivity index (χ1n) is 11.8. The zero-order chi connectivity index (χ0) is 26.8. The molecule has 0 saturated heterocycles. The number of nitrogens with zero attached hydrogens (tertiary/aromatic N) is 3. The maximum atomic E-state index is 13.5. The normalized spacial score (nSPS) is 11.2. The van der Waals surface area contributed by atoms with Gasteiger partial charge in [0.2, 0.25) is 5.91 Å². The van der Waals surface area contributed by atoms with Gasteiger partial charge in [0.15, 0.2) is 0 Å². The van der Waals surface area contributed by atoms with Crippen LogP contribution in [0.15, 0.2) is 48.8 Å². The van der Waals surface area contributed by atoms with E-state index >= 15 is 0 Å². The molecule has 2 aromatic carbocycles. The minimum absolute atomic E-state index is 0.0201. The van der Waals surface area contributed by atoms with Crippen molar-refractivity contribution in [3.63, 3.8) is 0 Å². The summed E-state index contributed by atoms with van der Waals surface area (Å²) in [5.74, 6) is -0.223. The van der Waals surface area contributed by atoms with Crippen molar-refractivity contribution in [1.29, 1.82) is 0 Å². The van der Waals surface area contributed by atoms with Gasteiger partial charge in [-0.2, -0.15) is 0 Å². The summed E-state index contributed by atoms with van der Waals surface area (Å²) < 4.78 is 24.2. The molecule has 1 heterocycles. The SMILES string of the molecule is CCOC(=O)CCN(C)C/C=C/C(=O)Nc1cc2c(Nc3ccc(F)c(Cl)c3)ncnc2cc1OCC. The summed E-state index contributed by atoms with van der Waals surface area (Å²) in [7, 11) is 1.85. The number of hydrogen-bond donors (Lipinski definition) is 2. The van der Waals surface area contributed by atoms with E-state index in [1.165, 1.54) is 24.5 Å². The van der Waals surface area contributed by atoms with Gasteiger partial charge in [-0.1, -0.05) is 17.7 Å². The van der Waals surface area contributed by atoms with Gasteiger partial charge in [-0.25, -0.2) is 14.4 Å². The van der Waals surface area contributed by atoms with E-state index in [1.54, 1.807) is 31.2 Å². The molecule has 0 saturated carbocycles. The first-order chi connectivity index (χ1) is 17.8. The zero-order valence-electron chi connectivity index (χ0n) is 20.9. The lowest BCUT2D eigenvalue weighted by molar-refractivity contribution is -0.143. The number of esters is 1. The molecule has 0 aliphatic heterocycles. The van der Waals surface area contributed by atoms with Crippen LogP contribution in [-0.4, -0.2) is 60.1 Å². The van der Waals surface area contributed by atoms with Crippen molar-refractivity contribution in [2.45, 2.75) is 20.3 Å². The number of likely N-dealkylation sites (N-methyl/N-ethyl adjacent to an activating group) is 1. The number of aromatic nitrogens is 2. The van der Waals surface area contributed by atoms with Crippen LogP contribution in [0.25, 0.3) is 10.9 Å². The van der Waals surface area contributed by atoms with Gasteiger partial charge < -0.3 is 25.0 Å². The van der Waals surface area contributed by atoms with E-state index in [1.807, 2.05) is 18.9 Å². The molecule has 37 heavy (non-hydrogen) atoms. The highest BCUT2D eigenvalue weighted by Gasteiger charge is 2.13. The predicted molar refractivity (Wildman–Crippen MR) is 142 cm³/mol. The molecule has 1 amide bonds. The van der Waals surface area contributed by atoms with Gasteiger partial charge in [-0.3, -0.25) is 9.59 Å². The molecule has 0 aliphatic carbocycles. The van der Waals surface area contributed by atoms with Gasteiger partial charge in [-0.15, -0.1) is 0 Å². The molecule has 11 heteroatoms. The first-order valence-corrected chi connectivity index (χ1v) is 12.1. The Morgan fingerprint density at radius 2 is 1.97 bits per heavy atom. The van der Waals surface area contributed by atoms with Crippen molar-refractivity contribution in [2.24, 2.45) is 0 Å². The topological polar surface area (TPSA) is 106 Å². The summed E-state index contributed by atoms with van der Waals surface area (Å²) in [6, 6.07) is 7.68. The molecular formula is C26H29ClFN5O4. The van der Waals surface area contributed by atoms with E-state index in [-0.39, 0.29) is 23.3 Å². The van der Waals surface area contributed by atoms with E-state index in [2.05, 4.69) is 20.6 Å². The number of rotatable bonds is 12. The number of ether oxygens (including phenoxy) is 2. The Balaban J connectivity index is 1.75. The van der Waals surface area contributed by atoms with E-state index in [4.69, 9.17) is 21.1 Å². The van der Waals surface area contributed by atoms with E-state index in [0.29, 0.717) is 60.1 Å². The molecule has 0 spiro atoms. The van der Waals surface area contributed by atoms with Gasteiger partial charge in [0, 0.05) is 36.3 Å². The third-order valence-corrected chi connectivity index (χ3v) is 5.46. The number of amides is 1. The van der Waals surface area contributed by atoms with Crippen LogP contribution in [0, 0.1) is 5.82 Å². The monoisotopic (exact) mass is 529 g/mol. The Morgan fingerprint density at radius 1 is 1.16 bits per heavy atom. The van der Waals surface area contributed by atoms with Crippen molar-refractivity contribution in [3.05, 3.63) is 59.7 Å². The number of halogens is 2. The second-order valence-electron chi connectivity index (χ2n) is 7.98.